The number of fused-ring (bicyclic) bond motifs is 1. The van der Waals surface area contributed by atoms with E-state index in [9.17, 15) is 9.59 Å². The van der Waals surface area contributed by atoms with Gasteiger partial charge >= 0.3 is 5.97 Å². The van der Waals surface area contributed by atoms with Crippen LogP contribution in [-0.4, -0.2) is 40.0 Å². The van der Waals surface area contributed by atoms with Crippen molar-refractivity contribution in [2.24, 2.45) is 5.92 Å². The third-order valence-electron chi connectivity index (χ3n) is 3.97. The second-order valence-electron chi connectivity index (χ2n) is 5.42. The molecule has 1 fully saturated rings. The van der Waals surface area contributed by atoms with Gasteiger partial charge in [0.15, 0.2) is 0 Å². The van der Waals surface area contributed by atoms with Crippen molar-refractivity contribution in [1.29, 1.82) is 0 Å². The molecule has 5 heteroatoms. The maximum atomic E-state index is 12.5. The number of likely N-dealkylation sites (tertiary alicyclic amines) is 1. The molecular formula is C16H16N2O3. The average Bonchev–Trinajstić information content (AvgIpc) is 2.96. The summed E-state index contributed by atoms with van der Waals surface area (Å²) in [5, 5.41) is 10.0. The van der Waals surface area contributed by atoms with Gasteiger partial charge in [-0.15, -0.1) is 0 Å². The summed E-state index contributed by atoms with van der Waals surface area (Å²) >= 11 is 0. The van der Waals surface area contributed by atoms with Crippen molar-refractivity contribution >= 4 is 22.8 Å². The van der Waals surface area contributed by atoms with Crippen LogP contribution in [0.15, 0.2) is 30.3 Å². The smallest absolute Gasteiger partial charge is 0.308 e. The Hall–Kier alpha value is -2.43. The summed E-state index contributed by atoms with van der Waals surface area (Å²) in [4.78, 5) is 29.5. The largest absolute Gasteiger partial charge is 0.481 e. The van der Waals surface area contributed by atoms with Gasteiger partial charge in [-0.25, -0.2) is 4.98 Å². The molecule has 1 amide bonds. The number of carboxylic acids is 1. The van der Waals surface area contributed by atoms with Crippen LogP contribution in [0, 0.1) is 12.8 Å². The maximum absolute atomic E-state index is 12.5. The molecular weight excluding hydrogens is 268 g/mol. The van der Waals surface area contributed by atoms with Gasteiger partial charge in [-0.2, -0.15) is 0 Å². The minimum absolute atomic E-state index is 0.187. The van der Waals surface area contributed by atoms with Crippen molar-refractivity contribution < 1.29 is 14.7 Å². The fourth-order valence-corrected chi connectivity index (χ4v) is 2.77. The molecule has 3 rings (SSSR count). The molecule has 21 heavy (non-hydrogen) atoms. The molecule has 1 aliphatic rings. The van der Waals surface area contributed by atoms with Crippen LogP contribution in [-0.2, 0) is 4.79 Å². The van der Waals surface area contributed by atoms with Crippen LogP contribution in [0.3, 0.4) is 0 Å². The lowest BCUT2D eigenvalue weighted by atomic mass is 10.1. The molecule has 1 N–H and O–H groups in total. The van der Waals surface area contributed by atoms with E-state index in [1.54, 1.807) is 11.0 Å². The number of aryl methyl sites for hydroxylation is 1. The van der Waals surface area contributed by atoms with Gasteiger partial charge in [0.05, 0.1) is 11.4 Å². The predicted molar refractivity (Wildman–Crippen MR) is 78.1 cm³/mol. The number of benzene rings is 1. The third-order valence-corrected chi connectivity index (χ3v) is 3.97. The van der Waals surface area contributed by atoms with Crippen LogP contribution in [0.5, 0.6) is 0 Å². The number of aliphatic carboxylic acids is 1. The normalized spacial score (nSPS) is 18.1. The van der Waals surface area contributed by atoms with E-state index in [4.69, 9.17) is 5.11 Å². The number of hydrogen-bond donors (Lipinski definition) is 1. The first-order valence-electron chi connectivity index (χ1n) is 6.95. The van der Waals surface area contributed by atoms with Crippen molar-refractivity contribution in [3.63, 3.8) is 0 Å². The van der Waals surface area contributed by atoms with Crippen LogP contribution in [0.4, 0.5) is 0 Å². The predicted octanol–water partition coefficient (Wildman–Crippen LogP) is 2.09. The number of hydrogen-bond acceptors (Lipinski definition) is 3. The first-order valence-corrected chi connectivity index (χ1v) is 6.95. The molecule has 1 unspecified atom stereocenters. The molecule has 1 aromatic carbocycles. The van der Waals surface area contributed by atoms with Gasteiger partial charge in [-0.1, -0.05) is 18.2 Å². The minimum Gasteiger partial charge on any atom is -0.481 e. The van der Waals surface area contributed by atoms with Gasteiger partial charge in [0.1, 0.15) is 5.69 Å². The summed E-state index contributed by atoms with van der Waals surface area (Å²) in [5.41, 5.74) is 2.17. The van der Waals surface area contributed by atoms with E-state index in [0.29, 0.717) is 18.7 Å². The highest BCUT2D eigenvalue weighted by Crippen LogP contribution is 2.21. The quantitative estimate of drug-likeness (QED) is 0.916. The van der Waals surface area contributed by atoms with E-state index >= 15 is 0 Å². The van der Waals surface area contributed by atoms with Crippen LogP contribution < -0.4 is 0 Å². The zero-order valence-electron chi connectivity index (χ0n) is 11.7. The molecule has 2 heterocycles. The molecule has 2 aromatic rings. The van der Waals surface area contributed by atoms with Crippen molar-refractivity contribution in [3.05, 3.63) is 41.6 Å². The Balaban J connectivity index is 1.90. The maximum Gasteiger partial charge on any atom is 0.308 e. The molecule has 0 aliphatic carbocycles. The molecule has 1 atom stereocenters. The first-order chi connectivity index (χ1) is 10.1. The van der Waals surface area contributed by atoms with Crippen molar-refractivity contribution in [2.45, 2.75) is 13.3 Å². The number of aromatic nitrogens is 1. The topological polar surface area (TPSA) is 70.5 Å². The zero-order valence-corrected chi connectivity index (χ0v) is 11.7. The Morgan fingerprint density at radius 1 is 1.33 bits per heavy atom. The molecule has 0 bridgehead atoms. The number of amides is 1. The highest BCUT2D eigenvalue weighted by atomic mass is 16.4. The second-order valence-corrected chi connectivity index (χ2v) is 5.42. The summed E-state index contributed by atoms with van der Waals surface area (Å²) in [6.45, 7) is 2.69. The Labute approximate surface area is 122 Å². The highest BCUT2D eigenvalue weighted by molar-refractivity contribution is 5.96. The lowest BCUT2D eigenvalue weighted by Gasteiger charge is -2.16. The average molecular weight is 284 g/mol. The van der Waals surface area contributed by atoms with E-state index in [2.05, 4.69) is 4.98 Å². The lowest BCUT2D eigenvalue weighted by Crippen LogP contribution is -2.30. The lowest BCUT2D eigenvalue weighted by molar-refractivity contribution is -0.141. The van der Waals surface area contributed by atoms with Crippen LogP contribution in [0.1, 0.15) is 22.5 Å². The Morgan fingerprint density at radius 2 is 2.10 bits per heavy atom. The molecule has 5 nitrogen and oxygen atoms in total. The fourth-order valence-electron chi connectivity index (χ4n) is 2.77. The van der Waals surface area contributed by atoms with Crippen LogP contribution in [0.2, 0.25) is 0 Å². The summed E-state index contributed by atoms with van der Waals surface area (Å²) in [6, 6.07) is 9.46. The number of rotatable bonds is 2. The number of carbonyl (C=O) groups is 2. The van der Waals surface area contributed by atoms with E-state index in [0.717, 1.165) is 16.5 Å². The van der Waals surface area contributed by atoms with Gasteiger partial charge in [0.2, 0.25) is 0 Å². The van der Waals surface area contributed by atoms with Gasteiger partial charge < -0.3 is 10.0 Å². The SMILES string of the molecule is Cc1cc(C(=O)N2CCC(C(=O)O)C2)nc2ccccc12. The number of pyridine rings is 1. The van der Waals surface area contributed by atoms with Gasteiger partial charge in [-0.3, -0.25) is 9.59 Å². The number of carboxylic acid groups (broad SMARTS) is 1. The Bertz CT molecular complexity index is 727. The van der Waals surface area contributed by atoms with Crippen molar-refractivity contribution in [3.8, 4) is 0 Å². The minimum atomic E-state index is -0.840. The van der Waals surface area contributed by atoms with Gasteiger partial charge in [0.25, 0.3) is 5.91 Å². The van der Waals surface area contributed by atoms with Crippen molar-refractivity contribution in [1.82, 2.24) is 9.88 Å². The van der Waals surface area contributed by atoms with Crippen molar-refractivity contribution in [2.75, 3.05) is 13.1 Å². The number of carbonyl (C=O) groups excluding carboxylic acids is 1. The standard InChI is InChI=1S/C16H16N2O3/c1-10-8-14(17-13-5-3-2-4-12(10)13)15(19)18-7-6-11(9-18)16(20)21/h2-5,8,11H,6-7,9H2,1H3,(H,20,21). The molecule has 0 spiro atoms. The Kier molecular flexibility index (Phi) is 3.33. The summed E-state index contributed by atoms with van der Waals surface area (Å²) in [7, 11) is 0. The van der Waals surface area contributed by atoms with Gasteiger partial charge in [0, 0.05) is 18.5 Å². The summed E-state index contributed by atoms with van der Waals surface area (Å²) in [6.07, 6.45) is 0.508. The molecule has 1 aliphatic heterocycles. The highest BCUT2D eigenvalue weighted by Gasteiger charge is 2.31. The molecule has 108 valence electrons. The number of nitrogens with zero attached hydrogens (tertiary/aromatic N) is 2. The second kappa shape index (κ2) is 5.16. The molecule has 1 saturated heterocycles. The fraction of sp³-hybridized carbons (Fsp3) is 0.312. The summed E-state index contributed by atoms with van der Waals surface area (Å²) in [5.74, 6) is -1.49. The first kappa shape index (κ1) is 13.5. The summed E-state index contributed by atoms with van der Waals surface area (Å²) < 4.78 is 0. The molecule has 0 saturated carbocycles. The molecule has 0 radical (unpaired) electrons. The number of para-hydroxylation sites is 1. The zero-order chi connectivity index (χ0) is 15.0. The van der Waals surface area contributed by atoms with E-state index in [1.807, 2.05) is 31.2 Å². The van der Waals surface area contributed by atoms with Crippen LogP contribution in [0.25, 0.3) is 10.9 Å². The molecule has 1 aromatic heterocycles. The van der Waals surface area contributed by atoms with Crippen LogP contribution >= 0.6 is 0 Å². The van der Waals surface area contributed by atoms with E-state index in [1.165, 1.54) is 0 Å². The van der Waals surface area contributed by atoms with Gasteiger partial charge in [-0.05, 0) is 31.0 Å². The monoisotopic (exact) mass is 284 g/mol. The third kappa shape index (κ3) is 2.46. The Morgan fingerprint density at radius 3 is 2.81 bits per heavy atom. The van der Waals surface area contributed by atoms with E-state index < -0.39 is 11.9 Å². The van der Waals surface area contributed by atoms with E-state index in [-0.39, 0.29) is 12.5 Å².